The van der Waals surface area contributed by atoms with Crippen LogP contribution in [-0.2, 0) is 0 Å². The lowest BCUT2D eigenvalue weighted by molar-refractivity contribution is -0.384. The van der Waals surface area contributed by atoms with Gasteiger partial charge >= 0.3 is 0 Å². The smallest absolute Gasteiger partial charge is 0.270 e. The number of nitrogens with two attached hydrogens (primary N) is 2. The molecule has 4 N–H and O–H groups in total. The van der Waals surface area contributed by atoms with E-state index in [0.29, 0.717) is 4.90 Å². The van der Waals surface area contributed by atoms with Crippen molar-refractivity contribution in [1.29, 1.82) is 5.26 Å². The summed E-state index contributed by atoms with van der Waals surface area (Å²) in [5.74, 6) is 0.467. The van der Waals surface area contributed by atoms with Crippen LogP contribution < -0.4 is 16.4 Å². The number of nitro benzene ring substituents is 1. The lowest BCUT2D eigenvalue weighted by Gasteiger charge is -2.46. The first-order chi connectivity index (χ1) is 14.9. The molecular formula is C21H21N7O2S. The van der Waals surface area contributed by atoms with Gasteiger partial charge in [0.25, 0.3) is 5.69 Å². The molecule has 0 radical (unpaired) electrons. The van der Waals surface area contributed by atoms with Crippen molar-refractivity contribution in [2.75, 3.05) is 4.90 Å². The molecule has 1 saturated carbocycles. The van der Waals surface area contributed by atoms with Crippen LogP contribution in [0, 0.1) is 21.4 Å². The van der Waals surface area contributed by atoms with Gasteiger partial charge in [0.2, 0.25) is 11.9 Å². The summed E-state index contributed by atoms with van der Waals surface area (Å²) < 4.78 is 0. The first-order valence-electron chi connectivity index (χ1n) is 9.89. The van der Waals surface area contributed by atoms with Crippen molar-refractivity contribution in [3.8, 4) is 6.07 Å². The molecule has 31 heavy (non-hydrogen) atoms. The maximum Gasteiger partial charge on any atom is 0.270 e. The molecule has 2 aliphatic rings. The summed E-state index contributed by atoms with van der Waals surface area (Å²) in [4.78, 5) is 22.9. The molecule has 4 rings (SSSR count). The Kier molecular flexibility index (Phi) is 5.52. The van der Waals surface area contributed by atoms with Crippen LogP contribution in [0.15, 0.2) is 62.2 Å². The van der Waals surface area contributed by atoms with Gasteiger partial charge in [0.1, 0.15) is 11.7 Å². The van der Waals surface area contributed by atoms with E-state index in [1.807, 2.05) is 29.2 Å². The summed E-state index contributed by atoms with van der Waals surface area (Å²) in [7, 11) is 0. The van der Waals surface area contributed by atoms with Crippen LogP contribution in [0.1, 0.15) is 37.7 Å². The van der Waals surface area contributed by atoms with E-state index in [1.165, 1.54) is 23.9 Å². The molecule has 0 aromatic heterocycles. The molecule has 158 valence electrons. The molecule has 0 unspecified atom stereocenters. The molecule has 1 heterocycles. The van der Waals surface area contributed by atoms with E-state index in [9.17, 15) is 15.4 Å². The van der Waals surface area contributed by atoms with E-state index in [2.05, 4.69) is 11.1 Å². The lowest BCUT2D eigenvalue weighted by atomic mass is 9.87. The second kappa shape index (κ2) is 8.28. The second-order valence-corrected chi connectivity index (χ2v) is 8.52. The topological polar surface area (TPSA) is 147 Å². The van der Waals surface area contributed by atoms with Crippen molar-refractivity contribution in [1.82, 2.24) is 0 Å². The average molecular weight is 436 g/mol. The molecule has 1 aliphatic heterocycles. The Morgan fingerprint density at radius 3 is 2.58 bits per heavy atom. The third kappa shape index (κ3) is 3.92. The number of anilines is 1. The molecular weight excluding hydrogens is 414 g/mol. The number of nitro groups is 1. The minimum absolute atomic E-state index is 0.118. The van der Waals surface area contributed by atoms with Gasteiger partial charge < -0.3 is 11.5 Å². The van der Waals surface area contributed by atoms with Gasteiger partial charge in [-0.25, -0.2) is 4.99 Å². The van der Waals surface area contributed by atoms with Gasteiger partial charge in [0.05, 0.1) is 16.2 Å². The van der Waals surface area contributed by atoms with Crippen LogP contribution in [-0.4, -0.2) is 22.5 Å². The second-order valence-electron chi connectivity index (χ2n) is 7.44. The summed E-state index contributed by atoms with van der Waals surface area (Å²) in [5.41, 5.74) is 12.7. The van der Waals surface area contributed by atoms with E-state index in [1.54, 1.807) is 6.07 Å². The first-order valence-corrected chi connectivity index (χ1v) is 10.7. The number of nitriles is 1. The highest BCUT2D eigenvalue weighted by molar-refractivity contribution is 7.99. The molecule has 0 atom stereocenters. The number of nitrogens with zero attached hydrogens (tertiary/aromatic N) is 5. The minimum atomic E-state index is -0.585. The summed E-state index contributed by atoms with van der Waals surface area (Å²) in [5, 5.41) is 20.6. The number of benzene rings is 2. The summed E-state index contributed by atoms with van der Waals surface area (Å²) in [6, 6.07) is 14.0. The molecule has 1 spiro atoms. The quantitative estimate of drug-likeness (QED) is 0.549. The molecule has 1 aliphatic carbocycles. The Hall–Kier alpha value is -3.58. The molecule has 0 amide bonds. The molecule has 10 heteroatoms. The molecule has 0 saturated heterocycles. The van der Waals surface area contributed by atoms with Gasteiger partial charge in [-0.05, 0) is 43.9 Å². The van der Waals surface area contributed by atoms with E-state index in [-0.39, 0.29) is 23.2 Å². The lowest BCUT2D eigenvalue weighted by Crippen LogP contribution is -2.58. The number of aliphatic imine (C=N–C) groups is 2. The van der Waals surface area contributed by atoms with Crippen LogP contribution in [0.3, 0.4) is 0 Å². The Morgan fingerprint density at radius 1 is 1.13 bits per heavy atom. The van der Waals surface area contributed by atoms with Crippen molar-refractivity contribution in [3.05, 3.63) is 58.1 Å². The molecule has 1 fully saturated rings. The van der Waals surface area contributed by atoms with Crippen LogP contribution in [0.4, 0.5) is 11.4 Å². The number of non-ortho nitro benzene ring substituents is 1. The molecule has 2 aromatic carbocycles. The highest BCUT2D eigenvalue weighted by Gasteiger charge is 2.43. The number of guanidine groups is 2. The fourth-order valence-electron chi connectivity index (χ4n) is 4.12. The SMILES string of the molecule is N#Cc1cc([N+](=O)[O-])ccc1Sc1ccccc1N1C(N)=NC(N)=NC12CCCCC2. The molecule has 0 bridgehead atoms. The van der Waals surface area contributed by atoms with Crippen LogP contribution in [0.2, 0.25) is 0 Å². The zero-order valence-electron chi connectivity index (χ0n) is 16.7. The Labute approximate surface area is 183 Å². The zero-order valence-corrected chi connectivity index (χ0v) is 17.5. The Morgan fingerprint density at radius 2 is 1.87 bits per heavy atom. The monoisotopic (exact) mass is 435 g/mol. The van der Waals surface area contributed by atoms with Gasteiger partial charge in [0, 0.05) is 21.9 Å². The number of para-hydroxylation sites is 1. The maximum absolute atomic E-state index is 11.1. The van der Waals surface area contributed by atoms with E-state index >= 15 is 0 Å². The number of hydrogen-bond acceptors (Lipinski definition) is 9. The average Bonchev–Trinajstić information content (AvgIpc) is 2.75. The van der Waals surface area contributed by atoms with Crippen molar-refractivity contribution in [3.63, 3.8) is 0 Å². The van der Waals surface area contributed by atoms with Gasteiger partial charge in [-0.2, -0.15) is 10.3 Å². The van der Waals surface area contributed by atoms with Crippen molar-refractivity contribution in [2.45, 2.75) is 47.6 Å². The fraction of sp³-hybridized carbons (Fsp3) is 0.286. The van der Waals surface area contributed by atoms with Crippen LogP contribution in [0.5, 0.6) is 0 Å². The standard InChI is InChI=1S/C21H21N7O2S/c22-13-14-12-15(28(29)30)8-9-17(14)31-18-7-3-2-6-16(18)27-20(24)25-19(23)26-21(27)10-4-1-5-11-21/h2-3,6-9,12H,1,4-5,10-11H2,(H4,23,24,25,26). The highest BCUT2D eigenvalue weighted by atomic mass is 32.2. The van der Waals surface area contributed by atoms with Crippen molar-refractivity contribution >= 4 is 35.1 Å². The van der Waals surface area contributed by atoms with Crippen molar-refractivity contribution in [2.24, 2.45) is 21.5 Å². The first kappa shape index (κ1) is 20.7. The van der Waals surface area contributed by atoms with Crippen LogP contribution in [0.25, 0.3) is 0 Å². The largest absolute Gasteiger partial charge is 0.369 e. The van der Waals surface area contributed by atoms with Crippen LogP contribution >= 0.6 is 11.8 Å². The summed E-state index contributed by atoms with van der Waals surface area (Å²) in [6.45, 7) is 0. The summed E-state index contributed by atoms with van der Waals surface area (Å²) in [6.07, 6.45) is 4.77. The third-order valence-electron chi connectivity index (χ3n) is 5.47. The maximum atomic E-state index is 11.1. The minimum Gasteiger partial charge on any atom is -0.369 e. The van der Waals surface area contributed by atoms with Crippen molar-refractivity contribution < 1.29 is 4.92 Å². The zero-order chi connectivity index (χ0) is 22.0. The van der Waals surface area contributed by atoms with E-state index in [0.717, 1.165) is 42.7 Å². The molecule has 9 nitrogen and oxygen atoms in total. The van der Waals surface area contributed by atoms with Gasteiger partial charge in [-0.1, -0.05) is 30.3 Å². The third-order valence-corrected chi connectivity index (χ3v) is 6.61. The fourth-order valence-corrected chi connectivity index (χ4v) is 5.12. The number of rotatable bonds is 4. The molecule has 2 aromatic rings. The van der Waals surface area contributed by atoms with E-state index in [4.69, 9.17) is 16.5 Å². The van der Waals surface area contributed by atoms with E-state index < -0.39 is 10.6 Å². The number of hydrogen-bond donors (Lipinski definition) is 2. The summed E-state index contributed by atoms with van der Waals surface area (Å²) >= 11 is 1.35. The Balaban J connectivity index is 1.77. The van der Waals surface area contributed by atoms with Gasteiger partial charge in [-0.3, -0.25) is 15.0 Å². The predicted molar refractivity (Wildman–Crippen MR) is 120 cm³/mol. The highest BCUT2D eigenvalue weighted by Crippen LogP contribution is 2.44. The predicted octanol–water partition coefficient (Wildman–Crippen LogP) is 3.73. The van der Waals surface area contributed by atoms with Gasteiger partial charge in [-0.15, -0.1) is 0 Å². The Bertz CT molecular complexity index is 1130. The van der Waals surface area contributed by atoms with Gasteiger partial charge in [0.15, 0.2) is 0 Å². The normalized spacial score (nSPS) is 17.6.